The number of benzene rings is 1. The Morgan fingerprint density at radius 3 is 2.58 bits per heavy atom. The van der Waals surface area contributed by atoms with E-state index < -0.39 is 0 Å². The van der Waals surface area contributed by atoms with Crippen LogP contribution in [0.25, 0.3) is 0 Å². The van der Waals surface area contributed by atoms with Crippen molar-refractivity contribution < 1.29 is 9.13 Å². The molecular weight excluding hydrogens is 309 g/mol. The summed E-state index contributed by atoms with van der Waals surface area (Å²) in [6.07, 6.45) is 0.628. The molecule has 0 aliphatic rings. The highest BCUT2D eigenvalue weighted by molar-refractivity contribution is 9.10. The Balaban J connectivity index is 2.67. The van der Waals surface area contributed by atoms with Crippen molar-refractivity contribution in [2.75, 3.05) is 13.2 Å². The number of ether oxygens (including phenoxy) is 1. The summed E-state index contributed by atoms with van der Waals surface area (Å²) >= 11 is 3.27. The molecule has 1 aromatic carbocycles. The summed E-state index contributed by atoms with van der Waals surface area (Å²) in [6, 6.07) is 5.32. The first kappa shape index (κ1) is 16.6. The maximum absolute atomic E-state index is 13.8. The highest BCUT2D eigenvalue weighted by Gasteiger charge is 2.16. The van der Waals surface area contributed by atoms with Crippen molar-refractivity contribution in [1.29, 1.82) is 0 Å². The third kappa shape index (κ3) is 6.50. The van der Waals surface area contributed by atoms with Crippen molar-refractivity contribution in [3.8, 4) is 0 Å². The molecule has 0 aromatic heterocycles. The summed E-state index contributed by atoms with van der Waals surface area (Å²) in [6.45, 7) is 9.54. The van der Waals surface area contributed by atoms with Gasteiger partial charge >= 0.3 is 0 Å². The lowest BCUT2D eigenvalue weighted by molar-refractivity contribution is -0.0142. The van der Waals surface area contributed by atoms with E-state index in [9.17, 15) is 4.39 Å². The minimum absolute atomic E-state index is 0.125. The molecule has 19 heavy (non-hydrogen) atoms. The van der Waals surface area contributed by atoms with Gasteiger partial charge in [-0.1, -0.05) is 28.9 Å². The number of halogens is 2. The van der Waals surface area contributed by atoms with E-state index in [2.05, 4.69) is 21.2 Å². The number of rotatable bonds is 6. The van der Waals surface area contributed by atoms with Gasteiger partial charge in [0.05, 0.1) is 12.2 Å². The SMILES string of the molecule is CCNC(COC(C)(C)C)Cc1ccc(Br)cc1F. The van der Waals surface area contributed by atoms with Crippen molar-refractivity contribution in [3.63, 3.8) is 0 Å². The van der Waals surface area contributed by atoms with Crippen molar-refractivity contribution >= 4 is 15.9 Å². The molecule has 0 fully saturated rings. The molecule has 1 rings (SSSR count). The van der Waals surface area contributed by atoms with Crippen LogP contribution in [0.3, 0.4) is 0 Å². The Kier molecular flexibility index (Phi) is 6.43. The summed E-state index contributed by atoms with van der Waals surface area (Å²) in [5, 5.41) is 3.34. The van der Waals surface area contributed by atoms with Crippen molar-refractivity contribution in [3.05, 3.63) is 34.1 Å². The summed E-state index contributed by atoms with van der Waals surface area (Å²) < 4.78 is 20.4. The third-order valence-corrected chi connectivity index (χ3v) is 3.19. The number of likely N-dealkylation sites (N-methyl/N-ethyl adjacent to an activating group) is 1. The fourth-order valence-corrected chi connectivity index (χ4v) is 2.12. The molecule has 0 aliphatic heterocycles. The van der Waals surface area contributed by atoms with Gasteiger partial charge in [0.2, 0.25) is 0 Å². The molecule has 0 bridgehead atoms. The van der Waals surface area contributed by atoms with Gasteiger partial charge in [-0.3, -0.25) is 0 Å². The normalized spacial score (nSPS) is 13.6. The zero-order valence-electron chi connectivity index (χ0n) is 12.1. The summed E-state index contributed by atoms with van der Waals surface area (Å²) in [4.78, 5) is 0. The molecule has 0 spiro atoms. The zero-order valence-corrected chi connectivity index (χ0v) is 13.7. The Hall–Kier alpha value is -0.450. The second-order valence-electron chi connectivity index (χ2n) is 5.62. The van der Waals surface area contributed by atoms with Crippen LogP contribution in [0.4, 0.5) is 4.39 Å². The van der Waals surface area contributed by atoms with Gasteiger partial charge in [0.15, 0.2) is 0 Å². The third-order valence-electron chi connectivity index (χ3n) is 2.69. The molecule has 2 nitrogen and oxygen atoms in total. The minimum atomic E-state index is -0.175. The Morgan fingerprint density at radius 2 is 2.05 bits per heavy atom. The van der Waals surface area contributed by atoms with Crippen LogP contribution >= 0.6 is 15.9 Å². The molecule has 0 aliphatic carbocycles. The second kappa shape index (κ2) is 7.36. The van der Waals surface area contributed by atoms with Gasteiger partial charge in [0.1, 0.15) is 5.82 Å². The van der Waals surface area contributed by atoms with Crippen LogP contribution in [0, 0.1) is 5.82 Å². The minimum Gasteiger partial charge on any atom is -0.374 e. The molecule has 1 atom stereocenters. The van der Waals surface area contributed by atoms with Crippen LogP contribution in [-0.4, -0.2) is 24.8 Å². The lowest BCUT2D eigenvalue weighted by atomic mass is 10.1. The van der Waals surface area contributed by atoms with Gasteiger partial charge in [-0.05, 0) is 51.4 Å². The molecule has 1 aromatic rings. The van der Waals surface area contributed by atoms with Crippen molar-refractivity contribution in [1.82, 2.24) is 5.32 Å². The van der Waals surface area contributed by atoms with Crippen LogP contribution in [0.2, 0.25) is 0 Å². The van der Waals surface area contributed by atoms with E-state index in [-0.39, 0.29) is 17.5 Å². The van der Waals surface area contributed by atoms with E-state index in [1.165, 1.54) is 6.07 Å². The van der Waals surface area contributed by atoms with E-state index in [1.54, 1.807) is 0 Å². The first-order valence-corrected chi connectivity index (χ1v) is 7.42. The van der Waals surface area contributed by atoms with Crippen LogP contribution in [0.5, 0.6) is 0 Å². The molecular formula is C15H23BrFNO. The lowest BCUT2D eigenvalue weighted by Crippen LogP contribution is -2.38. The van der Waals surface area contributed by atoms with Gasteiger partial charge in [-0.25, -0.2) is 4.39 Å². The number of hydrogen-bond acceptors (Lipinski definition) is 2. The Morgan fingerprint density at radius 1 is 1.37 bits per heavy atom. The van der Waals surface area contributed by atoms with E-state index in [0.29, 0.717) is 18.6 Å². The van der Waals surface area contributed by atoms with Crippen molar-refractivity contribution in [2.24, 2.45) is 0 Å². The molecule has 108 valence electrons. The fourth-order valence-electron chi connectivity index (χ4n) is 1.78. The van der Waals surface area contributed by atoms with Crippen molar-refractivity contribution in [2.45, 2.75) is 45.8 Å². The van der Waals surface area contributed by atoms with Crippen LogP contribution in [0.1, 0.15) is 33.3 Å². The first-order valence-electron chi connectivity index (χ1n) is 6.63. The first-order chi connectivity index (χ1) is 8.81. The van der Waals surface area contributed by atoms with Gasteiger partial charge in [0.25, 0.3) is 0 Å². The van der Waals surface area contributed by atoms with E-state index >= 15 is 0 Å². The van der Waals surface area contributed by atoms with Gasteiger partial charge in [-0.15, -0.1) is 0 Å². The highest BCUT2D eigenvalue weighted by Crippen LogP contribution is 2.17. The zero-order chi connectivity index (χ0) is 14.5. The predicted molar refractivity (Wildman–Crippen MR) is 81.0 cm³/mol. The maximum Gasteiger partial charge on any atom is 0.127 e. The average molecular weight is 332 g/mol. The molecule has 0 amide bonds. The molecule has 0 radical (unpaired) electrons. The smallest absolute Gasteiger partial charge is 0.127 e. The van der Waals surface area contributed by atoms with Crippen LogP contribution < -0.4 is 5.32 Å². The molecule has 4 heteroatoms. The predicted octanol–water partition coefficient (Wildman–Crippen LogP) is 3.92. The second-order valence-corrected chi connectivity index (χ2v) is 6.53. The number of nitrogens with one attached hydrogen (secondary N) is 1. The van der Waals surface area contributed by atoms with Crippen LogP contribution in [-0.2, 0) is 11.2 Å². The quantitative estimate of drug-likeness (QED) is 0.852. The molecule has 0 saturated carbocycles. The van der Waals surface area contributed by atoms with Gasteiger partial charge in [-0.2, -0.15) is 0 Å². The van der Waals surface area contributed by atoms with E-state index in [4.69, 9.17) is 4.74 Å². The fraction of sp³-hybridized carbons (Fsp3) is 0.600. The summed E-state index contributed by atoms with van der Waals surface area (Å²) in [7, 11) is 0. The van der Waals surface area contributed by atoms with Crippen LogP contribution in [0.15, 0.2) is 22.7 Å². The number of hydrogen-bond donors (Lipinski definition) is 1. The van der Waals surface area contributed by atoms with E-state index in [1.807, 2.05) is 39.8 Å². The van der Waals surface area contributed by atoms with E-state index in [0.717, 1.165) is 11.0 Å². The average Bonchev–Trinajstić information content (AvgIpc) is 2.28. The largest absolute Gasteiger partial charge is 0.374 e. The standard InChI is InChI=1S/C15H23BrFNO/c1-5-18-13(10-19-15(2,3)4)8-11-6-7-12(16)9-14(11)17/h6-7,9,13,18H,5,8,10H2,1-4H3. The Bertz CT molecular complexity index is 404. The maximum atomic E-state index is 13.8. The molecule has 0 saturated heterocycles. The van der Waals surface area contributed by atoms with Gasteiger partial charge in [0, 0.05) is 10.5 Å². The molecule has 1 unspecified atom stereocenters. The molecule has 1 N–H and O–H groups in total. The Labute approximate surface area is 123 Å². The molecule has 0 heterocycles. The summed E-state index contributed by atoms with van der Waals surface area (Å²) in [5.41, 5.74) is 0.540. The summed E-state index contributed by atoms with van der Waals surface area (Å²) in [5.74, 6) is -0.173. The monoisotopic (exact) mass is 331 g/mol. The highest BCUT2D eigenvalue weighted by atomic mass is 79.9. The lowest BCUT2D eigenvalue weighted by Gasteiger charge is -2.25. The topological polar surface area (TPSA) is 21.3 Å². The van der Waals surface area contributed by atoms with Gasteiger partial charge < -0.3 is 10.1 Å².